The average Bonchev–Trinajstić information content (AvgIpc) is 2.90. The molecule has 0 spiro atoms. The van der Waals surface area contributed by atoms with Gasteiger partial charge in [0.2, 0.25) is 0 Å². The van der Waals surface area contributed by atoms with Gasteiger partial charge in [-0.05, 0) is 32.2 Å². The first-order valence-corrected chi connectivity index (χ1v) is 9.28. The first-order valence-electron chi connectivity index (χ1n) is 7.30. The van der Waals surface area contributed by atoms with Gasteiger partial charge >= 0.3 is 0 Å². The largest absolute Gasteiger partial charge is 0.369 e. The number of thiazole rings is 1. The molecule has 5 heteroatoms. The summed E-state index contributed by atoms with van der Waals surface area (Å²) in [6, 6.07) is 0.534. The Morgan fingerprint density at radius 3 is 3.21 bits per heavy atom. The number of thioether (sulfide) groups is 1. The van der Waals surface area contributed by atoms with Gasteiger partial charge < -0.3 is 10.1 Å². The van der Waals surface area contributed by atoms with Crippen molar-refractivity contribution in [1.29, 1.82) is 0 Å². The van der Waals surface area contributed by atoms with E-state index in [9.17, 15) is 0 Å². The highest BCUT2D eigenvalue weighted by Gasteiger charge is 2.27. The molecule has 1 N–H and O–H groups in total. The molecule has 2 atom stereocenters. The molecular formula is C14H22N2OS2. The molecule has 1 aliphatic carbocycles. The fourth-order valence-corrected chi connectivity index (χ4v) is 4.95. The second kappa shape index (κ2) is 6.57. The third kappa shape index (κ3) is 3.15. The first-order chi connectivity index (χ1) is 9.38. The number of ether oxygens (including phenoxy) is 1. The summed E-state index contributed by atoms with van der Waals surface area (Å²) >= 11 is 3.87. The molecule has 1 fully saturated rings. The maximum Gasteiger partial charge on any atom is 0.123 e. The van der Waals surface area contributed by atoms with E-state index in [1.54, 1.807) is 0 Å². The summed E-state index contributed by atoms with van der Waals surface area (Å²) < 4.78 is 5.86. The molecule has 3 nitrogen and oxygen atoms in total. The van der Waals surface area contributed by atoms with Gasteiger partial charge in [0.15, 0.2) is 0 Å². The van der Waals surface area contributed by atoms with Crippen molar-refractivity contribution in [3.05, 3.63) is 15.6 Å². The van der Waals surface area contributed by atoms with Crippen molar-refractivity contribution in [2.75, 3.05) is 24.7 Å². The maximum absolute atomic E-state index is 5.86. The summed E-state index contributed by atoms with van der Waals surface area (Å²) in [5.74, 6) is 2.20. The van der Waals surface area contributed by atoms with Crippen LogP contribution >= 0.6 is 23.1 Å². The summed E-state index contributed by atoms with van der Waals surface area (Å²) in [5, 5.41) is 4.88. The molecule has 0 amide bonds. The van der Waals surface area contributed by atoms with Gasteiger partial charge in [-0.1, -0.05) is 6.92 Å². The fraction of sp³-hybridized carbons (Fsp3) is 0.786. The Hall–Kier alpha value is -0.100. The van der Waals surface area contributed by atoms with E-state index in [0.717, 1.165) is 31.1 Å². The van der Waals surface area contributed by atoms with Crippen molar-refractivity contribution >= 4 is 23.1 Å². The number of rotatable bonds is 4. The van der Waals surface area contributed by atoms with Gasteiger partial charge in [-0.2, -0.15) is 11.8 Å². The average molecular weight is 298 g/mol. The molecule has 3 rings (SSSR count). The number of nitrogens with zero attached hydrogens (tertiary/aromatic N) is 1. The second-order valence-electron chi connectivity index (χ2n) is 5.20. The van der Waals surface area contributed by atoms with E-state index in [1.165, 1.54) is 34.8 Å². The molecule has 2 unspecified atom stereocenters. The van der Waals surface area contributed by atoms with Gasteiger partial charge in [-0.3, -0.25) is 0 Å². The van der Waals surface area contributed by atoms with E-state index in [-0.39, 0.29) is 6.10 Å². The summed E-state index contributed by atoms with van der Waals surface area (Å²) in [4.78, 5) is 6.35. The minimum absolute atomic E-state index is 0.237. The van der Waals surface area contributed by atoms with Crippen LogP contribution in [0.25, 0.3) is 0 Å². The van der Waals surface area contributed by atoms with Crippen LogP contribution in [-0.2, 0) is 11.2 Å². The minimum atomic E-state index is 0.237. The zero-order valence-electron chi connectivity index (χ0n) is 11.5. The van der Waals surface area contributed by atoms with Crippen molar-refractivity contribution < 1.29 is 4.74 Å². The minimum Gasteiger partial charge on any atom is -0.369 e. The van der Waals surface area contributed by atoms with Gasteiger partial charge in [0.1, 0.15) is 11.1 Å². The highest BCUT2D eigenvalue weighted by molar-refractivity contribution is 7.99. The van der Waals surface area contributed by atoms with Crippen LogP contribution in [0.5, 0.6) is 0 Å². The van der Waals surface area contributed by atoms with Crippen LogP contribution in [0.3, 0.4) is 0 Å². The lowest BCUT2D eigenvalue weighted by Gasteiger charge is -2.22. The van der Waals surface area contributed by atoms with Crippen LogP contribution < -0.4 is 5.32 Å². The van der Waals surface area contributed by atoms with Crippen molar-refractivity contribution in [3.8, 4) is 0 Å². The highest BCUT2D eigenvalue weighted by Crippen LogP contribution is 2.38. The molecule has 2 aliphatic rings. The Bertz CT molecular complexity index is 416. The topological polar surface area (TPSA) is 34.2 Å². The Morgan fingerprint density at radius 2 is 2.42 bits per heavy atom. The smallest absolute Gasteiger partial charge is 0.123 e. The summed E-state index contributed by atoms with van der Waals surface area (Å²) in [6.07, 6.45) is 5.10. The van der Waals surface area contributed by atoms with Gasteiger partial charge in [0.05, 0.1) is 12.3 Å². The Labute approximate surface area is 123 Å². The van der Waals surface area contributed by atoms with Gasteiger partial charge in [-0.25, -0.2) is 4.98 Å². The number of aryl methyl sites for hydroxylation is 1. The first kappa shape index (κ1) is 13.9. The molecule has 1 aromatic rings. The van der Waals surface area contributed by atoms with E-state index < -0.39 is 0 Å². The van der Waals surface area contributed by atoms with E-state index >= 15 is 0 Å². The lowest BCUT2D eigenvalue weighted by molar-refractivity contribution is 0.0754. The number of hydrogen-bond acceptors (Lipinski definition) is 5. The SMILES string of the molecule is CCCNC1CCCc2nc(C3CSCCO3)sc21. The van der Waals surface area contributed by atoms with Crippen molar-refractivity contribution in [2.45, 2.75) is 44.8 Å². The monoisotopic (exact) mass is 298 g/mol. The van der Waals surface area contributed by atoms with Crippen LogP contribution in [0.1, 0.15) is 53.9 Å². The standard InChI is InChI=1S/C14H22N2OS2/c1-2-6-15-10-4-3-5-11-13(10)19-14(16-11)12-9-18-8-7-17-12/h10,12,15H,2-9H2,1H3. The predicted molar refractivity (Wildman–Crippen MR) is 82.1 cm³/mol. The number of hydrogen-bond donors (Lipinski definition) is 1. The third-order valence-electron chi connectivity index (χ3n) is 3.70. The molecule has 0 aromatic carbocycles. The fourth-order valence-electron chi connectivity index (χ4n) is 2.72. The van der Waals surface area contributed by atoms with Crippen LogP contribution in [0, 0.1) is 0 Å². The lowest BCUT2D eigenvalue weighted by Crippen LogP contribution is -2.24. The van der Waals surface area contributed by atoms with Gasteiger partial charge in [0.25, 0.3) is 0 Å². The molecule has 2 heterocycles. The van der Waals surface area contributed by atoms with Crippen molar-refractivity contribution in [2.24, 2.45) is 0 Å². The van der Waals surface area contributed by atoms with Crippen LogP contribution in [0.15, 0.2) is 0 Å². The molecule has 1 aromatic heterocycles. The normalized spacial score (nSPS) is 27.2. The Balaban J connectivity index is 1.76. The Morgan fingerprint density at radius 1 is 1.47 bits per heavy atom. The van der Waals surface area contributed by atoms with E-state index in [1.807, 2.05) is 23.1 Å². The molecular weight excluding hydrogens is 276 g/mol. The Kier molecular flexibility index (Phi) is 4.79. The molecule has 0 bridgehead atoms. The molecule has 1 saturated heterocycles. The summed E-state index contributed by atoms with van der Waals surface area (Å²) in [5.41, 5.74) is 1.33. The molecule has 0 radical (unpaired) electrons. The van der Waals surface area contributed by atoms with Gasteiger partial charge in [0, 0.05) is 22.4 Å². The molecule has 0 saturated carbocycles. The molecule has 19 heavy (non-hydrogen) atoms. The highest BCUT2D eigenvalue weighted by atomic mass is 32.2. The van der Waals surface area contributed by atoms with Crippen molar-refractivity contribution in [3.63, 3.8) is 0 Å². The van der Waals surface area contributed by atoms with Crippen molar-refractivity contribution in [1.82, 2.24) is 10.3 Å². The van der Waals surface area contributed by atoms with Gasteiger partial charge in [-0.15, -0.1) is 11.3 Å². The van der Waals surface area contributed by atoms with E-state index in [4.69, 9.17) is 9.72 Å². The number of nitrogens with one attached hydrogen (secondary N) is 1. The molecule has 1 aliphatic heterocycles. The maximum atomic E-state index is 5.86. The zero-order valence-corrected chi connectivity index (χ0v) is 13.1. The van der Waals surface area contributed by atoms with Crippen LogP contribution in [-0.4, -0.2) is 29.6 Å². The lowest BCUT2D eigenvalue weighted by atomic mass is 9.98. The molecule has 106 valence electrons. The van der Waals surface area contributed by atoms with E-state index in [0.29, 0.717) is 6.04 Å². The van der Waals surface area contributed by atoms with Crippen LogP contribution in [0.4, 0.5) is 0 Å². The third-order valence-corrected chi connectivity index (χ3v) is 6.00. The van der Waals surface area contributed by atoms with Crippen LogP contribution in [0.2, 0.25) is 0 Å². The number of aromatic nitrogens is 1. The van der Waals surface area contributed by atoms with E-state index in [2.05, 4.69) is 12.2 Å². The quantitative estimate of drug-likeness (QED) is 0.924. The number of fused-ring (bicyclic) bond motifs is 1. The second-order valence-corrected chi connectivity index (χ2v) is 7.41. The summed E-state index contributed by atoms with van der Waals surface area (Å²) in [7, 11) is 0. The predicted octanol–water partition coefficient (Wildman–Crippen LogP) is 3.32. The zero-order chi connectivity index (χ0) is 13.1. The summed E-state index contributed by atoms with van der Waals surface area (Å²) in [6.45, 7) is 4.20.